The summed E-state index contributed by atoms with van der Waals surface area (Å²) in [5.41, 5.74) is 0.972. The van der Waals surface area contributed by atoms with Crippen molar-refractivity contribution in [3.63, 3.8) is 0 Å². The van der Waals surface area contributed by atoms with Gasteiger partial charge in [-0.25, -0.2) is 9.07 Å². The van der Waals surface area contributed by atoms with E-state index in [0.29, 0.717) is 18.8 Å². The van der Waals surface area contributed by atoms with Crippen LogP contribution in [0.5, 0.6) is 0 Å². The van der Waals surface area contributed by atoms with Gasteiger partial charge in [0, 0.05) is 37.4 Å². The lowest BCUT2D eigenvalue weighted by Gasteiger charge is -2.48. The molecule has 0 saturated carbocycles. The van der Waals surface area contributed by atoms with Crippen LogP contribution in [0.3, 0.4) is 0 Å². The Labute approximate surface area is 151 Å². The minimum absolute atomic E-state index is 0.0556. The number of nitrogens with one attached hydrogen (secondary N) is 1. The molecule has 2 aliphatic heterocycles. The van der Waals surface area contributed by atoms with Crippen LogP contribution in [-0.4, -0.2) is 51.4 Å². The zero-order chi connectivity index (χ0) is 18.1. The summed E-state index contributed by atoms with van der Waals surface area (Å²) in [6, 6.07) is 6.36. The molecule has 0 unspecified atom stereocenters. The van der Waals surface area contributed by atoms with Crippen molar-refractivity contribution < 1.29 is 14.3 Å². The number of fused-ring (bicyclic) bond motifs is 1. The topological polar surface area (TPSA) is 70.4 Å². The second-order valence-electron chi connectivity index (χ2n) is 7.34. The fraction of sp³-hybridized carbons (Fsp3) is 0.474. The van der Waals surface area contributed by atoms with Crippen LogP contribution in [-0.2, 0) is 11.3 Å². The minimum Gasteiger partial charge on any atom is -0.481 e. The zero-order valence-electron chi connectivity index (χ0n) is 14.6. The van der Waals surface area contributed by atoms with Gasteiger partial charge in [0.2, 0.25) is 0 Å². The van der Waals surface area contributed by atoms with Gasteiger partial charge < -0.3 is 10.4 Å². The van der Waals surface area contributed by atoms with Crippen LogP contribution < -0.4 is 5.32 Å². The van der Waals surface area contributed by atoms with E-state index in [-0.39, 0.29) is 11.9 Å². The lowest BCUT2D eigenvalue weighted by Crippen LogP contribution is -2.62. The van der Waals surface area contributed by atoms with E-state index >= 15 is 0 Å². The number of likely N-dealkylation sites (tertiary alicyclic amines) is 1. The molecule has 4 rings (SSSR count). The first-order valence-corrected chi connectivity index (χ1v) is 9.05. The van der Waals surface area contributed by atoms with Gasteiger partial charge in [0.25, 0.3) is 0 Å². The molecule has 0 aliphatic carbocycles. The van der Waals surface area contributed by atoms with E-state index in [2.05, 4.69) is 15.3 Å². The van der Waals surface area contributed by atoms with Gasteiger partial charge in [0.1, 0.15) is 5.82 Å². The van der Waals surface area contributed by atoms with Gasteiger partial charge >= 0.3 is 5.97 Å². The Kier molecular flexibility index (Phi) is 4.50. The summed E-state index contributed by atoms with van der Waals surface area (Å²) >= 11 is 0. The number of rotatable bonds is 4. The predicted octanol–water partition coefficient (Wildman–Crippen LogP) is 2.04. The summed E-state index contributed by atoms with van der Waals surface area (Å²) in [4.78, 5) is 14.2. The van der Waals surface area contributed by atoms with Gasteiger partial charge in [-0.1, -0.05) is 6.07 Å². The quantitative estimate of drug-likeness (QED) is 0.875. The summed E-state index contributed by atoms with van der Waals surface area (Å²) in [5, 5.41) is 17.6. The summed E-state index contributed by atoms with van der Waals surface area (Å²) in [6.07, 6.45) is 6.11. The number of halogens is 1. The van der Waals surface area contributed by atoms with Crippen LogP contribution in [0.15, 0.2) is 36.7 Å². The van der Waals surface area contributed by atoms with Crippen LogP contribution in [0.2, 0.25) is 0 Å². The number of aromatic nitrogens is 2. The Morgan fingerprint density at radius 3 is 3.15 bits per heavy atom. The molecule has 1 aromatic heterocycles. The van der Waals surface area contributed by atoms with Gasteiger partial charge in [-0.05, 0) is 44.0 Å². The monoisotopic (exact) mass is 358 g/mol. The number of nitrogens with zero attached hydrogens (tertiary/aromatic N) is 3. The first kappa shape index (κ1) is 17.2. The van der Waals surface area contributed by atoms with E-state index in [4.69, 9.17) is 0 Å². The third kappa shape index (κ3) is 3.12. The summed E-state index contributed by atoms with van der Waals surface area (Å²) in [5.74, 6) is -0.996. The van der Waals surface area contributed by atoms with Gasteiger partial charge in [0.15, 0.2) is 0 Å². The fourth-order valence-corrected chi connectivity index (χ4v) is 4.33. The maximum atomic E-state index is 13.4. The van der Waals surface area contributed by atoms with E-state index in [0.717, 1.165) is 37.9 Å². The SMILES string of the molecule is O=C(O)[C@]12CCCN[C@@H]1CCN(Cc1cnn(-c3cccc(F)c3)c1)C2. The lowest BCUT2D eigenvalue weighted by atomic mass is 9.70. The molecule has 6 nitrogen and oxygen atoms in total. The van der Waals surface area contributed by atoms with Gasteiger partial charge in [-0.15, -0.1) is 0 Å². The number of aliphatic carboxylic acids is 1. The van der Waals surface area contributed by atoms with Crippen LogP contribution in [0.1, 0.15) is 24.8 Å². The molecule has 138 valence electrons. The third-order valence-electron chi connectivity index (χ3n) is 5.64. The highest BCUT2D eigenvalue weighted by molar-refractivity contribution is 5.76. The zero-order valence-corrected chi connectivity index (χ0v) is 14.6. The van der Waals surface area contributed by atoms with E-state index in [9.17, 15) is 14.3 Å². The third-order valence-corrected chi connectivity index (χ3v) is 5.64. The average Bonchev–Trinajstić information content (AvgIpc) is 3.10. The number of piperidine rings is 2. The Balaban J connectivity index is 1.49. The van der Waals surface area contributed by atoms with Gasteiger partial charge in [-0.2, -0.15) is 5.10 Å². The number of carboxylic acids is 1. The lowest BCUT2D eigenvalue weighted by molar-refractivity contribution is -0.157. The van der Waals surface area contributed by atoms with Crippen molar-refractivity contribution in [2.45, 2.75) is 31.8 Å². The van der Waals surface area contributed by atoms with Crippen molar-refractivity contribution in [2.75, 3.05) is 19.6 Å². The molecule has 0 radical (unpaired) electrons. The number of benzene rings is 1. The molecule has 2 saturated heterocycles. The molecule has 0 spiro atoms. The minimum atomic E-state index is -0.699. The Morgan fingerprint density at radius 2 is 2.35 bits per heavy atom. The van der Waals surface area contributed by atoms with Crippen molar-refractivity contribution in [1.82, 2.24) is 20.0 Å². The smallest absolute Gasteiger partial charge is 0.312 e. The Morgan fingerprint density at radius 1 is 1.46 bits per heavy atom. The average molecular weight is 358 g/mol. The van der Waals surface area contributed by atoms with Crippen molar-refractivity contribution in [3.8, 4) is 5.69 Å². The molecule has 1 aromatic carbocycles. The molecule has 2 aliphatic rings. The van der Waals surface area contributed by atoms with Gasteiger partial charge in [-0.3, -0.25) is 9.69 Å². The maximum Gasteiger partial charge on any atom is 0.312 e. The van der Waals surface area contributed by atoms with Crippen LogP contribution in [0, 0.1) is 11.2 Å². The highest BCUT2D eigenvalue weighted by atomic mass is 19.1. The molecule has 2 atom stereocenters. The number of carboxylic acid groups (broad SMARTS) is 1. The number of hydrogen-bond donors (Lipinski definition) is 2. The predicted molar refractivity (Wildman–Crippen MR) is 94.5 cm³/mol. The molecule has 7 heteroatoms. The van der Waals surface area contributed by atoms with E-state index in [1.165, 1.54) is 12.1 Å². The van der Waals surface area contributed by atoms with Crippen molar-refractivity contribution in [3.05, 3.63) is 48.0 Å². The summed E-state index contributed by atoms with van der Waals surface area (Å²) in [6.45, 7) is 2.96. The standard InChI is InChI=1S/C19H23FN4O2/c20-15-3-1-4-16(9-15)24-12-14(10-22-24)11-23-8-5-17-19(13-23,18(25)26)6-2-7-21-17/h1,3-4,9-10,12,17,21H,2,5-8,11,13H2,(H,25,26)/t17-,19+/m1/s1. The molecule has 26 heavy (non-hydrogen) atoms. The molecule has 2 aromatic rings. The fourth-order valence-electron chi connectivity index (χ4n) is 4.33. The van der Waals surface area contributed by atoms with Crippen molar-refractivity contribution in [2.24, 2.45) is 5.41 Å². The molecule has 3 heterocycles. The second-order valence-corrected chi connectivity index (χ2v) is 7.34. The first-order chi connectivity index (χ1) is 12.6. The van der Waals surface area contributed by atoms with E-state index in [1.54, 1.807) is 23.0 Å². The van der Waals surface area contributed by atoms with E-state index in [1.807, 2.05) is 6.20 Å². The highest BCUT2D eigenvalue weighted by Gasteiger charge is 2.50. The summed E-state index contributed by atoms with van der Waals surface area (Å²) in [7, 11) is 0. The van der Waals surface area contributed by atoms with Gasteiger partial charge in [0.05, 0.1) is 17.3 Å². The second kappa shape index (κ2) is 6.81. The van der Waals surface area contributed by atoms with Crippen LogP contribution in [0.25, 0.3) is 5.69 Å². The molecular weight excluding hydrogens is 335 g/mol. The number of hydrogen-bond acceptors (Lipinski definition) is 4. The molecule has 0 bridgehead atoms. The summed E-state index contributed by atoms with van der Waals surface area (Å²) < 4.78 is 15.1. The largest absolute Gasteiger partial charge is 0.481 e. The first-order valence-electron chi connectivity index (χ1n) is 9.05. The van der Waals surface area contributed by atoms with Crippen LogP contribution in [0.4, 0.5) is 4.39 Å². The molecule has 2 N–H and O–H groups in total. The number of carbonyl (C=O) groups is 1. The molecule has 2 fully saturated rings. The molecule has 0 amide bonds. The highest BCUT2D eigenvalue weighted by Crippen LogP contribution is 2.38. The Hall–Kier alpha value is -2.25. The van der Waals surface area contributed by atoms with Crippen molar-refractivity contribution >= 4 is 5.97 Å². The normalized spacial score (nSPS) is 26.4. The van der Waals surface area contributed by atoms with Crippen LogP contribution >= 0.6 is 0 Å². The van der Waals surface area contributed by atoms with E-state index < -0.39 is 11.4 Å². The maximum absolute atomic E-state index is 13.4. The Bertz CT molecular complexity index is 808. The molecular formula is C19H23FN4O2. The van der Waals surface area contributed by atoms with Crippen molar-refractivity contribution in [1.29, 1.82) is 0 Å².